The number of hydrogen-bond acceptors (Lipinski definition) is 7. The molecular formula is C23H26N2O7S. The van der Waals surface area contributed by atoms with Gasteiger partial charge in [0.05, 0.1) is 18.6 Å². The molecule has 176 valence electrons. The first-order valence-electron chi connectivity index (χ1n) is 10.2. The third-order valence-electron chi connectivity index (χ3n) is 4.92. The number of esters is 1. The summed E-state index contributed by atoms with van der Waals surface area (Å²) in [7, 11) is -3.09. The monoisotopic (exact) mass is 474 g/mol. The van der Waals surface area contributed by atoms with E-state index >= 15 is 0 Å². The first kappa shape index (κ1) is 24.4. The Hall–Kier alpha value is -3.21. The quantitative estimate of drug-likeness (QED) is 0.484. The van der Waals surface area contributed by atoms with Crippen LogP contribution in [0.4, 0.5) is 5.69 Å². The van der Waals surface area contributed by atoms with E-state index in [1.54, 1.807) is 31.2 Å². The summed E-state index contributed by atoms with van der Waals surface area (Å²) >= 11 is 0. The lowest BCUT2D eigenvalue weighted by molar-refractivity contribution is -0.175. The van der Waals surface area contributed by atoms with Gasteiger partial charge in [0, 0.05) is 12.6 Å². The zero-order valence-electron chi connectivity index (χ0n) is 18.8. The number of nitrogens with zero attached hydrogens (tertiary/aromatic N) is 1. The molecule has 1 heterocycles. The standard InChI is InChI=1S/C23H26N2O7S/c1-5-31-19-10-6-17(7-11-19)22-15(2)14-21(23(27)30-4)25(32-22)33(28,29)20-12-8-18(9-13-20)24-16(3)26/h6-14,21-22H,5H2,1-4H3,(H,24,26). The van der Waals surface area contributed by atoms with Crippen LogP contribution in [0.2, 0.25) is 0 Å². The fraction of sp³-hybridized carbons (Fsp3) is 0.304. The molecule has 2 aromatic rings. The molecule has 2 atom stereocenters. The number of hydroxylamine groups is 1. The van der Waals surface area contributed by atoms with Crippen LogP contribution >= 0.6 is 0 Å². The number of nitrogens with one attached hydrogen (secondary N) is 1. The van der Waals surface area contributed by atoms with Gasteiger partial charge in [-0.3, -0.25) is 9.63 Å². The number of anilines is 1. The summed E-state index contributed by atoms with van der Waals surface area (Å²) in [6, 6.07) is 11.4. The molecule has 3 rings (SSSR count). The Morgan fingerprint density at radius 2 is 1.73 bits per heavy atom. The Balaban J connectivity index is 1.98. The Morgan fingerprint density at radius 1 is 1.09 bits per heavy atom. The molecule has 9 nitrogen and oxygen atoms in total. The fourth-order valence-corrected chi connectivity index (χ4v) is 4.71. The number of methoxy groups -OCH3 is 1. The number of carbonyl (C=O) groups excluding carboxylic acids is 2. The lowest BCUT2D eigenvalue weighted by Gasteiger charge is -2.35. The average Bonchev–Trinajstić information content (AvgIpc) is 2.79. The van der Waals surface area contributed by atoms with Crippen molar-refractivity contribution in [2.75, 3.05) is 19.0 Å². The van der Waals surface area contributed by atoms with Crippen molar-refractivity contribution >= 4 is 27.6 Å². The van der Waals surface area contributed by atoms with Gasteiger partial charge in [-0.2, -0.15) is 0 Å². The van der Waals surface area contributed by atoms with Gasteiger partial charge in [0.25, 0.3) is 10.0 Å². The summed E-state index contributed by atoms with van der Waals surface area (Å²) in [4.78, 5) is 29.4. The number of ether oxygens (including phenoxy) is 2. The van der Waals surface area contributed by atoms with Crippen molar-refractivity contribution in [3.05, 3.63) is 65.7 Å². The van der Waals surface area contributed by atoms with Crippen molar-refractivity contribution < 1.29 is 32.3 Å². The molecule has 0 saturated carbocycles. The lowest BCUT2D eigenvalue weighted by atomic mass is 10.00. The van der Waals surface area contributed by atoms with E-state index in [4.69, 9.17) is 14.3 Å². The molecule has 1 amide bonds. The maximum atomic E-state index is 13.4. The highest BCUT2D eigenvalue weighted by Crippen LogP contribution is 2.36. The van der Waals surface area contributed by atoms with Crippen molar-refractivity contribution in [1.82, 2.24) is 4.47 Å². The van der Waals surface area contributed by atoms with Gasteiger partial charge in [0.2, 0.25) is 5.91 Å². The highest BCUT2D eigenvalue weighted by Gasteiger charge is 2.42. The Bertz CT molecular complexity index is 1140. The van der Waals surface area contributed by atoms with Crippen LogP contribution in [-0.2, 0) is 29.2 Å². The molecule has 1 aliphatic rings. The predicted molar refractivity (Wildman–Crippen MR) is 121 cm³/mol. The molecule has 10 heteroatoms. The minimum atomic E-state index is -4.26. The molecule has 0 aromatic heterocycles. The van der Waals surface area contributed by atoms with E-state index in [9.17, 15) is 18.0 Å². The van der Waals surface area contributed by atoms with Crippen molar-refractivity contribution in [2.45, 2.75) is 37.8 Å². The third kappa shape index (κ3) is 5.41. The molecule has 2 aromatic carbocycles. The smallest absolute Gasteiger partial charge is 0.330 e. The molecule has 0 aliphatic carbocycles. The fourth-order valence-electron chi connectivity index (χ4n) is 3.38. The molecule has 0 spiro atoms. The minimum Gasteiger partial charge on any atom is -0.494 e. The van der Waals surface area contributed by atoms with Crippen LogP contribution < -0.4 is 10.1 Å². The van der Waals surface area contributed by atoms with Crippen LogP contribution in [0, 0.1) is 0 Å². The van der Waals surface area contributed by atoms with Gasteiger partial charge in [-0.25, -0.2) is 13.2 Å². The van der Waals surface area contributed by atoms with Gasteiger partial charge in [0.15, 0.2) is 6.04 Å². The molecule has 0 radical (unpaired) electrons. The summed E-state index contributed by atoms with van der Waals surface area (Å²) in [6.07, 6.45) is 0.773. The van der Waals surface area contributed by atoms with E-state index in [0.29, 0.717) is 33.6 Å². The summed E-state index contributed by atoms with van der Waals surface area (Å²) in [5.74, 6) is -0.387. The number of amides is 1. The topological polar surface area (TPSA) is 111 Å². The zero-order chi connectivity index (χ0) is 24.2. The number of carbonyl (C=O) groups is 2. The first-order chi connectivity index (χ1) is 15.7. The number of benzene rings is 2. The van der Waals surface area contributed by atoms with E-state index in [1.807, 2.05) is 6.92 Å². The van der Waals surface area contributed by atoms with Gasteiger partial charge >= 0.3 is 5.97 Å². The molecule has 0 saturated heterocycles. The molecule has 1 N–H and O–H groups in total. The normalized spacial score (nSPS) is 18.8. The van der Waals surface area contributed by atoms with E-state index in [1.165, 1.54) is 44.4 Å². The van der Waals surface area contributed by atoms with Crippen LogP contribution in [0.1, 0.15) is 32.4 Å². The van der Waals surface area contributed by atoms with Crippen molar-refractivity contribution in [2.24, 2.45) is 0 Å². The van der Waals surface area contributed by atoms with Gasteiger partial charge in [-0.15, -0.1) is 0 Å². The van der Waals surface area contributed by atoms with Crippen LogP contribution in [0.5, 0.6) is 5.75 Å². The highest BCUT2D eigenvalue weighted by atomic mass is 32.2. The maximum absolute atomic E-state index is 13.4. The second kappa shape index (κ2) is 10.2. The summed E-state index contributed by atoms with van der Waals surface area (Å²) in [5.41, 5.74) is 1.78. The van der Waals surface area contributed by atoms with Crippen molar-refractivity contribution in [3.8, 4) is 5.75 Å². The maximum Gasteiger partial charge on any atom is 0.330 e. The first-order valence-corrected chi connectivity index (χ1v) is 11.7. The molecule has 2 unspecified atom stereocenters. The van der Waals surface area contributed by atoms with E-state index in [-0.39, 0.29) is 10.8 Å². The number of hydrogen-bond donors (Lipinski definition) is 1. The van der Waals surface area contributed by atoms with Crippen LogP contribution in [0.3, 0.4) is 0 Å². The van der Waals surface area contributed by atoms with E-state index in [2.05, 4.69) is 5.32 Å². The third-order valence-corrected chi connectivity index (χ3v) is 6.57. The number of rotatable bonds is 7. The number of sulfonamides is 1. The average molecular weight is 475 g/mol. The van der Waals surface area contributed by atoms with Gasteiger partial charge in [-0.05, 0) is 61.4 Å². The molecule has 0 bridgehead atoms. The van der Waals surface area contributed by atoms with Crippen LogP contribution in [0.15, 0.2) is 65.1 Å². The van der Waals surface area contributed by atoms with Crippen molar-refractivity contribution in [3.63, 3.8) is 0 Å². The summed E-state index contributed by atoms with van der Waals surface area (Å²) < 4.78 is 37.8. The van der Waals surface area contributed by atoms with E-state index in [0.717, 1.165) is 0 Å². The Kier molecular flexibility index (Phi) is 7.52. The molecule has 1 aliphatic heterocycles. The van der Waals surface area contributed by atoms with Crippen LogP contribution in [-0.4, -0.2) is 44.5 Å². The molecule has 0 fully saturated rings. The SMILES string of the molecule is CCOc1ccc(C2ON(S(=O)(=O)c3ccc(NC(C)=O)cc3)C(C(=O)OC)C=C2C)cc1. The molecule has 33 heavy (non-hydrogen) atoms. The second-order valence-corrected chi connectivity index (χ2v) is 9.11. The lowest BCUT2D eigenvalue weighted by Crippen LogP contribution is -2.47. The summed E-state index contributed by atoms with van der Waals surface area (Å²) in [5, 5.41) is 2.57. The minimum absolute atomic E-state index is 0.107. The predicted octanol–water partition coefficient (Wildman–Crippen LogP) is 3.21. The Morgan fingerprint density at radius 3 is 2.27 bits per heavy atom. The van der Waals surface area contributed by atoms with Gasteiger partial charge in [-0.1, -0.05) is 22.7 Å². The van der Waals surface area contributed by atoms with Gasteiger partial charge < -0.3 is 14.8 Å². The second-order valence-electron chi connectivity index (χ2n) is 7.33. The van der Waals surface area contributed by atoms with Gasteiger partial charge in [0.1, 0.15) is 11.9 Å². The summed E-state index contributed by atoms with van der Waals surface area (Å²) in [6.45, 7) is 5.50. The largest absolute Gasteiger partial charge is 0.494 e. The van der Waals surface area contributed by atoms with Crippen molar-refractivity contribution in [1.29, 1.82) is 0 Å². The zero-order valence-corrected chi connectivity index (χ0v) is 19.6. The Labute approximate surface area is 192 Å². The highest BCUT2D eigenvalue weighted by molar-refractivity contribution is 7.89. The van der Waals surface area contributed by atoms with Crippen LogP contribution in [0.25, 0.3) is 0 Å². The molecular weight excluding hydrogens is 448 g/mol. The van der Waals surface area contributed by atoms with E-state index < -0.39 is 28.1 Å².